The highest BCUT2D eigenvalue weighted by Gasteiger charge is 2.08. The van der Waals surface area contributed by atoms with Gasteiger partial charge >= 0.3 is 0 Å². The topological polar surface area (TPSA) is 54.5 Å². The number of pyridine rings is 3. The van der Waals surface area contributed by atoms with Crippen LogP contribution in [0.4, 0.5) is 0 Å². The fourth-order valence-corrected chi connectivity index (χ4v) is 2.47. The molecular formula is C17H12N4. The van der Waals surface area contributed by atoms with Crippen LogP contribution in [0.15, 0.2) is 67.5 Å². The molecule has 4 rings (SSSR count). The fraction of sp³-hybridized carbons (Fsp3) is 0. The molecule has 100 valence electrons. The van der Waals surface area contributed by atoms with E-state index in [1.807, 2.05) is 42.9 Å². The van der Waals surface area contributed by atoms with E-state index in [1.165, 1.54) is 0 Å². The fourth-order valence-electron chi connectivity index (χ4n) is 2.47. The second-order valence-electron chi connectivity index (χ2n) is 4.80. The van der Waals surface area contributed by atoms with E-state index in [9.17, 15) is 0 Å². The Morgan fingerprint density at radius 1 is 0.810 bits per heavy atom. The maximum atomic E-state index is 4.50. The van der Waals surface area contributed by atoms with E-state index in [1.54, 1.807) is 18.6 Å². The normalized spacial score (nSPS) is 10.9. The zero-order valence-electron chi connectivity index (χ0n) is 11.2. The van der Waals surface area contributed by atoms with Crippen LogP contribution in [0.2, 0.25) is 0 Å². The number of hydrogen-bond donors (Lipinski definition) is 1. The first kappa shape index (κ1) is 11.8. The first-order valence-corrected chi connectivity index (χ1v) is 6.70. The van der Waals surface area contributed by atoms with Crippen molar-refractivity contribution >= 4 is 11.0 Å². The Balaban J connectivity index is 1.91. The van der Waals surface area contributed by atoms with Gasteiger partial charge < -0.3 is 4.98 Å². The monoisotopic (exact) mass is 272 g/mol. The molecule has 0 unspecified atom stereocenters. The second-order valence-corrected chi connectivity index (χ2v) is 4.80. The molecule has 0 fully saturated rings. The van der Waals surface area contributed by atoms with Crippen molar-refractivity contribution in [3.63, 3.8) is 0 Å². The summed E-state index contributed by atoms with van der Waals surface area (Å²) in [5.41, 5.74) is 5.26. The Morgan fingerprint density at radius 3 is 2.52 bits per heavy atom. The van der Waals surface area contributed by atoms with Gasteiger partial charge in [0.25, 0.3) is 0 Å². The van der Waals surface area contributed by atoms with Crippen molar-refractivity contribution in [3.8, 4) is 22.3 Å². The predicted molar refractivity (Wildman–Crippen MR) is 82.6 cm³/mol. The molecule has 4 aromatic rings. The summed E-state index contributed by atoms with van der Waals surface area (Å²) < 4.78 is 0. The maximum absolute atomic E-state index is 4.50. The predicted octanol–water partition coefficient (Wildman–Crippen LogP) is 3.69. The smallest absolute Gasteiger partial charge is 0.137 e. The quantitative estimate of drug-likeness (QED) is 0.605. The van der Waals surface area contributed by atoms with Gasteiger partial charge in [0.2, 0.25) is 0 Å². The molecule has 0 atom stereocenters. The van der Waals surface area contributed by atoms with E-state index in [2.05, 4.69) is 26.0 Å². The minimum Gasteiger partial charge on any atom is -0.346 e. The highest BCUT2D eigenvalue weighted by atomic mass is 14.8. The lowest BCUT2D eigenvalue weighted by Crippen LogP contribution is -1.83. The van der Waals surface area contributed by atoms with Gasteiger partial charge in [0, 0.05) is 59.3 Å². The van der Waals surface area contributed by atoms with Crippen molar-refractivity contribution in [1.29, 1.82) is 0 Å². The summed E-state index contributed by atoms with van der Waals surface area (Å²) >= 11 is 0. The zero-order valence-corrected chi connectivity index (χ0v) is 11.2. The average Bonchev–Trinajstić information content (AvgIpc) is 2.99. The second kappa shape index (κ2) is 4.83. The van der Waals surface area contributed by atoms with Gasteiger partial charge in [0.1, 0.15) is 5.65 Å². The lowest BCUT2D eigenvalue weighted by Gasteiger charge is -2.02. The third kappa shape index (κ3) is 2.07. The lowest BCUT2D eigenvalue weighted by molar-refractivity contribution is 1.30. The van der Waals surface area contributed by atoms with Gasteiger partial charge in [-0.1, -0.05) is 6.07 Å². The Bertz CT molecular complexity index is 882. The Kier molecular flexibility index (Phi) is 2.71. The molecule has 0 aliphatic rings. The van der Waals surface area contributed by atoms with Crippen LogP contribution in [0.25, 0.3) is 33.3 Å². The number of nitrogens with one attached hydrogen (secondary N) is 1. The van der Waals surface area contributed by atoms with Crippen molar-refractivity contribution in [2.45, 2.75) is 0 Å². The van der Waals surface area contributed by atoms with Crippen molar-refractivity contribution in [2.24, 2.45) is 0 Å². The number of aromatic amines is 1. The molecule has 0 saturated carbocycles. The van der Waals surface area contributed by atoms with Crippen LogP contribution in [-0.4, -0.2) is 19.9 Å². The van der Waals surface area contributed by atoms with Gasteiger partial charge in [-0.15, -0.1) is 0 Å². The first-order chi connectivity index (χ1) is 10.4. The number of H-pyrrole nitrogens is 1. The molecule has 0 amide bonds. The first-order valence-electron chi connectivity index (χ1n) is 6.70. The van der Waals surface area contributed by atoms with Crippen LogP contribution in [0.1, 0.15) is 0 Å². The van der Waals surface area contributed by atoms with Crippen LogP contribution in [0.3, 0.4) is 0 Å². The number of aromatic nitrogens is 4. The Hall–Kier alpha value is -3.01. The zero-order chi connectivity index (χ0) is 14.1. The number of hydrogen-bond acceptors (Lipinski definition) is 3. The van der Waals surface area contributed by atoms with Gasteiger partial charge in [-0.3, -0.25) is 9.97 Å². The lowest BCUT2D eigenvalue weighted by atomic mass is 10.0. The summed E-state index contributed by atoms with van der Waals surface area (Å²) in [6.45, 7) is 0. The van der Waals surface area contributed by atoms with Crippen LogP contribution in [0, 0.1) is 0 Å². The van der Waals surface area contributed by atoms with Crippen molar-refractivity contribution in [1.82, 2.24) is 19.9 Å². The highest BCUT2D eigenvalue weighted by molar-refractivity contribution is 5.95. The maximum Gasteiger partial charge on any atom is 0.137 e. The van der Waals surface area contributed by atoms with Crippen molar-refractivity contribution in [3.05, 3.63) is 67.5 Å². The van der Waals surface area contributed by atoms with Crippen molar-refractivity contribution < 1.29 is 0 Å². The van der Waals surface area contributed by atoms with Gasteiger partial charge in [-0.25, -0.2) is 4.98 Å². The van der Waals surface area contributed by atoms with E-state index in [0.29, 0.717) is 0 Å². The molecule has 0 saturated heterocycles. The third-order valence-corrected chi connectivity index (χ3v) is 3.52. The van der Waals surface area contributed by atoms with Gasteiger partial charge in [-0.05, 0) is 29.8 Å². The number of fused-ring (bicyclic) bond motifs is 1. The molecule has 0 bridgehead atoms. The molecule has 4 heterocycles. The number of rotatable bonds is 2. The van der Waals surface area contributed by atoms with Crippen LogP contribution >= 0.6 is 0 Å². The molecule has 4 heteroatoms. The molecule has 0 aromatic carbocycles. The van der Waals surface area contributed by atoms with Gasteiger partial charge in [0.15, 0.2) is 0 Å². The minimum atomic E-state index is 0.884. The molecule has 1 N–H and O–H groups in total. The highest BCUT2D eigenvalue weighted by Crippen LogP contribution is 2.30. The van der Waals surface area contributed by atoms with E-state index in [0.717, 1.165) is 33.3 Å². The molecule has 4 nitrogen and oxygen atoms in total. The molecule has 0 radical (unpaired) electrons. The largest absolute Gasteiger partial charge is 0.346 e. The van der Waals surface area contributed by atoms with E-state index in [4.69, 9.17) is 0 Å². The Morgan fingerprint density at radius 2 is 1.71 bits per heavy atom. The standard InChI is InChI=1S/C17H12N4/c1-2-13(9-19-5-1)14-8-15-16(11-21-17(15)20-10-14)12-3-6-18-7-4-12/h1-11H,(H,20,21). The summed E-state index contributed by atoms with van der Waals surface area (Å²) in [5, 5.41) is 1.10. The van der Waals surface area contributed by atoms with E-state index in [-0.39, 0.29) is 0 Å². The van der Waals surface area contributed by atoms with Crippen molar-refractivity contribution in [2.75, 3.05) is 0 Å². The SMILES string of the molecule is c1cncc(-c2cnc3[nH]cc(-c4ccncc4)c3c2)c1. The van der Waals surface area contributed by atoms with Gasteiger partial charge in [0.05, 0.1) is 0 Å². The molecule has 0 aliphatic heterocycles. The van der Waals surface area contributed by atoms with E-state index >= 15 is 0 Å². The number of nitrogens with zero attached hydrogens (tertiary/aromatic N) is 3. The molecule has 4 aromatic heterocycles. The summed E-state index contributed by atoms with van der Waals surface area (Å²) in [6, 6.07) is 10.1. The Labute approximate surface area is 121 Å². The molecule has 0 aliphatic carbocycles. The molecule has 21 heavy (non-hydrogen) atoms. The molecule has 0 spiro atoms. The summed E-state index contributed by atoms with van der Waals surface area (Å²) in [6.07, 6.45) is 11.1. The minimum absolute atomic E-state index is 0.884. The summed E-state index contributed by atoms with van der Waals surface area (Å²) in [5.74, 6) is 0. The summed E-state index contributed by atoms with van der Waals surface area (Å²) in [4.78, 5) is 16.0. The van der Waals surface area contributed by atoms with Crippen LogP contribution in [-0.2, 0) is 0 Å². The van der Waals surface area contributed by atoms with E-state index < -0.39 is 0 Å². The molecular weight excluding hydrogens is 260 g/mol. The average molecular weight is 272 g/mol. The van der Waals surface area contributed by atoms with Crippen LogP contribution < -0.4 is 0 Å². The summed E-state index contributed by atoms with van der Waals surface area (Å²) in [7, 11) is 0. The third-order valence-electron chi connectivity index (χ3n) is 3.52. The van der Waals surface area contributed by atoms with Crippen LogP contribution in [0.5, 0.6) is 0 Å². The van der Waals surface area contributed by atoms with Gasteiger partial charge in [-0.2, -0.15) is 0 Å².